The molecular formula is C95H67F3O8. The highest BCUT2D eigenvalue weighted by molar-refractivity contribution is 6.18. The van der Waals surface area contributed by atoms with Crippen LogP contribution in [0.4, 0.5) is 13.2 Å². The van der Waals surface area contributed by atoms with Crippen LogP contribution in [-0.4, -0.2) is 45.6 Å². The number of fused-ring (bicyclic) bond motifs is 6. The van der Waals surface area contributed by atoms with E-state index in [1.54, 1.807) is 48.5 Å². The van der Waals surface area contributed by atoms with Crippen LogP contribution in [0.25, 0.3) is 98.0 Å². The Balaban J connectivity index is 0.000000114. The van der Waals surface area contributed by atoms with Crippen LogP contribution in [-0.2, 0) is 11.6 Å². The Kier molecular flexibility index (Phi) is 17.8. The zero-order valence-corrected chi connectivity index (χ0v) is 58.0. The van der Waals surface area contributed by atoms with E-state index in [9.17, 15) is 52.8 Å². The molecule has 4 N–H and O–H groups in total. The Hall–Kier alpha value is -13.3. The van der Waals surface area contributed by atoms with E-state index in [4.69, 9.17) is 0 Å². The van der Waals surface area contributed by atoms with Gasteiger partial charge >= 0.3 is 6.18 Å². The Morgan fingerprint density at radius 2 is 0.632 bits per heavy atom. The smallest absolute Gasteiger partial charge is 0.416 e. The summed E-state index contributed by atoms with van der Waals surface area (Å²) in [6.45, 7) is 8.43. The summed E-state index contributed by atoms with van der Waals surface area (Å²) in [5.41, 5.74) is 15.5. The number of aldehydes is 4. The summed E-state index contributed by atoms with van der Waals surface area (Å²) in [7, 11) is 0. The lowest BCUT2D eigenvalue weighted by atomic mass is 9.50. The number of carbonyl (C=O) groups excluding carboxylic acids is 4. The fourth-order valence-electron chi connectivity index (χ4n) is 16.3. The molecule has 11 heteroatoms. The third-order valence-electron chi connectivity index (χ3n) is 21.1. The number of hydrogen-bond acceptors (Lipinski definition) is 8. The Morgan fingerprint density at radius 1 is 0.302 bits per heavy atom. The van der Waals surface area contributed by atoms with E-state index >= 15 is 0 Å². The molecule has 19 rings (SSSR count). The van der Waals surface area contributed by atoms with Crippen molar-refractivity contribution in [2.45, 2.75) is 45.2 Å². The second-order valence-corrected chi connectivity index (χ2v) is 27.0. The maximum Gasteiger partial charge on any atom is 0.416 e. The highest BCUT2D eigenvalue weighted by Crippen LogP contribution is 2.63. The van der Waals surface area contributed by atoms with Gasteiger partial charge in [-0.1, -0.05) is 231 Å². The molecule has 0 fully saturated rings. The second kappa shape index (κ2) is 27.5. The Bertz CT molecular complexity index is 6020. The molecule has 8 nitrogen and oxygen atoms in total. The molecule has 0 spiro atoms. The largest absolute Gasteiger partial charge is 0.507 e. The lowest BCUT2D eigenvalue weighted by molar-refractivity contribution is -0.137. The first-order valence-electron chi connectivity index (χ1n) is 34.7. The number of phenolic OH excluding ortho intramolecular Hbond substituents is 4. The van der Waals surface area contributed by atoms with Gasteiger partial charge < -0.3 is 20.4 Å². The first-order chi connectivity index (χ1) is 51.4. The number of alkyl halides is 3. The first-order valence-corrected chi connectivity index (χ1v) is 34.7. The van der Waals surface area contributed by atoms with Gasteiger partial charge in [0.2, 0.25) is 0 Å². The number of aromatic hydroxyl groups is 4. The van der Waals surface area contributed by atoms with Gasteiger partial charge in [-0.25, -0.2) is 0 Å². The van der Waals surface area contributed by atoms with E-state index in [0.717, 1.165) is 83.3 Å². The quantitative estimate of drug-likeness (QED) is 0.0868. The topological polar surface area (TPSA) is 149 Å². The summed E-state index contributed by atoms with van der Waals surface area (Å²) in [5.74, 6) is -0.147. The van der Waals surface area contributed by atoms with Gasteiger partial charge in [0.15, 0.2) is 25.1 Å². The Labute approximate surface area is 608 Å². The summed E-state index contributed by atoms with van der Waals surface area (Å²) in [6, 6.07) is 88.9. The zero-order valence-electron chi connectivity index (χ0n) is 58.0. The van der Waals surface area contributed by atoms with Crippen LogP contribution in [0.1, 0.15) is 114 Å². The third kappa shape index (κ3) is 11.4. The Morgan fingerprint density at radius 3 is 1.04 bits per heavy atom. The van der Waals surface area contributed by atoms with Crippen molar-refractivity contribution in [1.29, 1.82) is 0 Å². The highest BCUT2D eigenvalue weighted by atomic mass is 19.4. The first kappa shape index (κ1) is 68.5. The zero-order chi connectivity index (χ0) is 73.9. The summed E-state index contributed by atoms with van der Waals surface area (Å²) in [5, 5.41) is 55.2. The van der Waals surface area contributed by atoms with Gasteiger partial charge in [-0.15, -0.1) is 0 Å². The van der Waals surface area contributed by atoms with Crippen LogP contribution in [0, 0.1) is 27.7 Å². The van der Waals surface area contributed by atoms with Gasteiger partial charge in [-0.05, 0) is 196 Å². The molecule has 0 saturated carbocycles. The summed E-state index contributed by atoms with van der Waals surface area (Å²) in [6.07, 6.45) is -2.27. The van der Waals surface area contributed by atoms with Crippen molar-refractivity contribution in [3.8, 4) is 56.4 Å². The van der Waals surface area contributed by atoms with E-state index in [1.165, 1.54) is 55.3 Å². The molecule has 0 aliphatic heterocycles. The lowest BCUT2D eigenvalue weighted by Crippen LogP contribution is -2.43. The summed E-state index contributed by atoms with van der Waals surface area (Å²) >= 11 is 0. The molecule has 0 saturated heterocycles. The molecule has 3 aliphatic carbocycles. The van der Waals surface area contributed by atoms with Crippen LogP contribution < -0.4 is 0 Å². The van der Waals surface area contributed by atoms with Gasteiger partial charge in [-0.3, -0.25) is 19.2 Å². The van der Waals surface area contributed by atoms with Crippen molar-refractivity contribution < 1.29 is 52.8 Å². The maximum atomic E-state index is 13.4. The van der Waals surface area contributed by atoms with Crippen molar-refractivity contribution in [1.82, 2.24) is 0 Å². The predicted molar refractivity (Wildman–Crippen MR) is 419 cm³/mol. The number of rotatable bonds is 8. The second-order valence-electron chi connectivity index (χ2n) is 27.0. The lowest BCUT2D eigenvalue weighted by Gasteiger charge is -2.51. The van der Waals surface area contributed by atoms with Crippen molar-refractivity contribution in [3.63, 3.8) is 0 Å². The minimum Gasteiger partial charge on any atom is -0.507 e. The molecular weight excluding hydrogens is 1330 g/mol. The van der Waals surface area contributed by atoms with Crippen LogP contribution in [0.5, 0.6) is 23.0 Å². The standard InChI is InChI=1S/C27H18O2.C25H22O2.C22H13F3O2.C21H14O2/c28-16-17-8-7-15-24(26(17)29)27-21-12-4-1-9-18(21)25(19-10-2-5-13-22(19)27)20-11-3-6-14-23(20)27;1-14-8-10-16(3)22-20(14)12-21-15(2)9-11-17(4)23(21)24(22)19-7-5-6-18(13-26)25(19)27;23-22(24,25)16-10-15(12-26)21(27)19(11-16)20-17-7-3-1-5-13(17)9-14-6-2-4-8-18(14)20;22-13-16-8-5-11-19(21(16)23)20-17-9-3-1-6-14(17)12-15-7-2-4-10-18(15)20/h1-16,25,29H;5-13,27H,1-4H3;1-12,27H;1-13,23H. The summed E-state index contributed by atoms with van der Waals surface area (Å²) in [4.78, 5) is 45.5. The van der Waals surface area contributed by atoms with E-state index in [1.807, 2.05) is 97.1 Å². The molecule has 0 radical (unpaired) electrons. The SMILES string of the molecule is Cc1ccc(C)c2c(-c3cccc(C=O)c3O)c3c(C)ccc(C)c3cc12.O=Cc1cc(C(F)(F)F)cc(-c2c3ccccc3cc3ccccc23)c1O.O=Cc1cccc(-c2c3ccccc3cc3ccccc23)c1O.O=Cc1cccc(C23c4ccccc4C(c4ccccc42)c2ccccc23)c1O. The average Bonchev–Trinajstić information content (AvgIpc) is 0.668. The molecule has 0 atom stereocenters. The van der Waals surface area contributed by atoms with Crippen LogP contribution >= 0.6 is 0 Å². The van der Waals surface area contributed by atoms with Crippen molar-refractivity contribution >= 4 is 89.8 Å². The molecule has 0 amide bonds. The minimum atomic E-state index is -4.64. The van der Waals surface area contributed by atoms with Crippen LogP contribution in [0.2, 0.25) is 0 Å². The normalized spacial score (nSPS) is 13.9. The molecule has 0 aromatic heterocycles. The number of benzene rings is 16. The molecule has 16 aromatic rings. The molecule has 3 aliphatic rings. The van der Waals surface area contributed by atoms with E-state index < -0.39 is 28.5 Å². The maximum absolute atomic E-state index is 13.4. The van der Waals surface area contributed by atoms with Crippen LogP contribution in [0.15, 0.2) is 279 Å². The van der Waals surface area contributed by atoms with Gasteiger partial charge in [0, 0.05) is 44.9 Å². The number of hydrogen-bond donors (Lipinski definition) is 4. The fourth-order valence-corrected chi connectivity index (χ4v) is 16.3. The number of carbonyl (C=O) groups is 4. The van der Waals surface area contributed by atoms with E-state index in [-0.39, 0.29) is 35.0 Å². The minimum absolute atomic E-state index is 0.0140. The predicted octanol–water partition coefficient (Wildman–Crippen LogP) is 23.2. The average molecular weight is 1390 g/mol. The van der Waals surface area contributed by atoms with Crippen molar-refractivity contribution in [3.05, 3.63) is 368 Å². The fraction of sp³-hybridized carbons (Fsp3) is 0.0737. The van der Waals surface area contributed by atoms with E-state index in [0.29, 0.717) is 62.8 Å². The van der Waals surface area contributed by atoms with Gasteiger partial charge in [0.1, 0.15) is 23.0 Å². The molecule has 0 heterocycles. The van der Waals surface area contributed by atoms with Crippen LogP contribution in [0.3, 0.4) is 0 Å². The molecule has 16 aromatic carbocycles. The number of para-hydroxylation sites is 3. The number of aryl methyl sites for hydroxylation is 4. The molecule has 0 unspecified atom stereocenters. The molecule has 516 valence electrons. The monoisotopic (exact) mass is 1390 g/mol. The number of halogens is 3. The highest BCUT2D eigenvalue weighted by Gasteiger charge is 2.53. The van der Waals surface area contributed by atoms with Crippen molar-refractivity contribution in [2.24, 2.45) is 0 Å². The molecule has 106 heavy (non-hydrogen) atoms. The van der Waals surface area contributed by atoms with E-state index in [2.05, 4.69) is 149 Å². The van der Waals surface area contributed by atoms with Gasteiger partial charge in [0.25, 0.3) is 0 Å². The molecule has 2 bridgehead atoms. The van der Waals surface area contributed by atoms with Gasteiger partial charge in [0.05, 0.1) is 33.2 Å². The van der Waals surface area contributed by atoms with Crippen molar-refractivity contribution in [2.75, 3.05) is 0 Å². The van der Waals surface area contributed by atoms with Gasteiger partial charge in [-0.2, -0.15) is 13.2 Å². The number of phenols is 4. The summed E-state index contributed by atoms with van der Waals surface area (Å²) < 4.78 is 40.1. The third-order valence-corrected chi connectivity index (χ3v) is 21.1.